The maximum absolute atomic E-state index is 8.36. The average Bonchev–Trinajstić information content (AvgIpc) is 2.80. The number of piperidine rings is 1. The molecule has 172 valence electrons. The molecule has 6 heteroatoms. The standard InChI is InChI=1S/C25H34N4.CH2O2/c1-2-5-21(6-3-1)16-29-18-22(19-29)17-28-13-10-20(11-14-28)15-24-9-8-23-7-4-12-26-25(23)27-24;2-1-3/h1-3,5-6,8-9,20,22H,4,7,10-19H2,(H,26,27);1H,(H,2,3). The average molecular weight is 437 g/mol. The van der Waals surface area contributed by atoms with Gasteiger partial charge in [0.05, 0.1) is 0 Å². The van der Waals surface area contributed by atoms with Crippen molar-refractivity contribution in [3.63, 3.8) is 0 Å². The number of rotatable bonds is 6. The zero-order valence-electron chi connectivity index (χ0n) is 19.0. The van der Waals surface area contributed by atoms with Crippen LogP contribution in [0.2, 0.25) is 0 Å². The number of hydrogen-bond donors (Lipinski definition) is 2. The van der Waals surface area contributed by atoms with Crippen molar-refractivity contribution < 1.29 is 9.90 Å². The van der Waals surface area contributed by atoms with E-state index >= 15 is 0 Å². The van der Waals surface area contributed by atoms with E-state index in [-0.39, 0.29) is 6.47 Å². The second-order valence-corrected chi connectivity index (χ2v) is 9.44. The van der Waals surface area contributed by atoms with Crippen LogP contribution in [0.4, 0.5) is 5.82 Å². The summed E-state index contributed by atoms with van der Waals surface area (Å²) in [6.07, 6.45) is 6.21. The third-order valence-corrected chi connectivity index (χ3v) is 6.95. The number of aryl methyl sites for hydroxylation is 1. The lowest BCUT2D eigenvalue weighted by molar-refractivity contribution is -0.122. The lowest BCUT2D eigenvalue weighted by atomic mass is 9.90. The van der Waals surface area contributed by atoms with Gasteiger partial charge in [-0.25, -0.2) is 4.98 Å². The Morgan fingerprint density at radius 2 is 1.78 bits per heavy atom. The van der Waals surface area contributed by atoms with Crippen molar-refractivity contribution >= 4 is 12.3 Å². The van der Waals surface area contributed by atoms with E-state index in [1.165, 1.54) is 75.2 Å². The molecule has 2 aromatic rings. The number of nitrogens with zero attached hydrogens (tertiary/aromatic N) is 3. The van der Waals surface area contributed by atoms with Crippen LogP contribution in [0, 0.1) is 11.8 Å². The molecule has 0 unspecified atom stereocenters. The Morgan fingerprint density at radius 3 is 2.53 bits per heavy atom. The molecule has 4 heterocycles. The number of fused-ring (bicyclic) bond motifs is 1. The van der Waals surface area contributed by atoms with Crippen molar-refractivity contribution in [2.45, 2.75) is 38.6 Å². The molecule has 0 spiro atoms. The topological polar surface area (TPSA) is 68.7 Å². The molecule has 3 aliphatic rings. The Kier molecular flexibility index (Phi) is 8.13. The lowest BCUT2D eigenvalue weighted by Gasteiger charge is -2.43. The monoisotopic (exact) mass is 436 g/mol. The number of hydrogen-bond acceptors (Lipinski definition) is 5. The third kappa shape index (κ3) is 6.30. The molecule has 32 heavy (non-hydrogen) atoms. The highest BCUT2D eigenvalue weighted by Crippen LogP contribution is 2.26. The van der Waals surface area contributed by atoms with Gasteiger partial charge in [-0.05, 0) is 74.2 Å². The highest BCUT2D eigenvalue weighted by Gasteiger charge is 2.30. The van der Waals surface area contributed by atoms with Crippen LogP contribution in [-0.2, 0) is 24.2 Å². The number of pyridine rings is 1. The maximum atomic E-state index is 8.36. The zero-order valence-corrected chi connectivity index (χ0v) is 19.0. The van der Waals surface area contributed by atoms with Gasteiger partial charge in [0, 0.05) is 38.4 Å². The van der Waals surface area contributed by atoms with E-state index in [0.29, 0.717) is 0 Å². The molecule has 1 aromatic carbocycles. The summed E-state index contributed by atoms with van der Waals surface area (Å²) in [5.41, 5.74) is 4.13. The molecule has 2 saturated heterocycles. The van der Waals surface area contributed by atoms with Crippen molar-refractivity contribution in [3.05, 3.63) is 59.3 Å². The summed E-state index contributed by atoms with van der Waals surface area (Å²) in [6.45, 7) is 8.29. The molecular weight excluding hydrogens is 400 g/mol. The summed E-state index contributed by atoms with van der Waals surface area (Å²) >= 11 is 0. The highest BCUT2D eigenvalue weighted by molar-refractivity contribution is 5.47. The number of benzene rings is 1. The van der Waals surface area contributed by atoms with Crippen LogP contribution in [-0.4, -0.2) is 65.6 Å². The Labute approximate surface area is 191 Å². The smallest absolute Gasteiger partial charge is 0.290 e. The molecule has 5 rings (SSSR count). The van der Waals surface area contributed by atoms with Crippen molar-refractivity contribution in [2.24, 2.45) is 11.8 Å². The first-order chi connectivity index (χ1) is 15.7. The minimum atomic E-state index is -0.250. The van der Waals surface area contributed by atoms with Gasteiger partial charge in [0.1, 0.15) is 5.82 Å². The molecule has 0 saturated carbocycles. The summed E-state index contributed by atoms with van der Waals surface area (Å²) in [4.78, 5) is 18.6. The first kappa shape index (κ1) is 22.7. The van der Waals surface area contributed by atoms with E-state index in [0.717, 1.165) is 37.2 Å². The van der Waals surface area contributed by atoms with Crippen molar-refractivity contribution in [3.8, 4) is 0 Å². The summed E-state index contributed by atoms with van der Waals surface area (Å²) < 4.78 is 0. The number of aromatic nitrogens is 1. The molecule has 2 N–H and O–H groups in total. The predicted molar refractivity (Wildman–Crippen MR) is 128 cm³/mol. The SMILES string of the molecule is O=CO.c1ccc(CN2CC(CN3CCC(Cc4ccc5c(n4)NCCC5)CC3)C2)cc1. The number of nitrogens with one attached hydrogen (secondary N) is 1. The van der Waals surface area contributed by atoms with Gasteiger partial charge in [-0.2, -0.15) is 0 Å². The van der Waals surface area contributed by atoms with Gasteiger partial charge >= 0.3 is 0 Å². The predicted octanol–water partition coefficient (Wildman–Crippen LogP) is 3.53. The highest BCUT2D eigenvalue weighted by atomic mass is 16.3. The summed E-state index contributed by atoms with van der Waals surface area (Å²) in [5, 5.41) is 10.4. The lowest BCUT2D eigenvalue weighted by Crippen LogP contribution is -2.51. The minimum absolute atomic E-state index is 0.250. The molecule has 2 fully saturated rings. The fourth-order valence-corrected chi connectivity index (χ4v) is 5.28. The van der Waals surface area contributed by atoms with Crippen LogP contribution in [0.3, 0.4) is 0 Å². The van der Waals surface area contributed by atoms with Gasteiger partial charge in [-0.3, -0.25) is 9.69 Å². The van der Waals surface area contributed by atoms with Crippen LogP contribution in [0.5, 0.6) is 0 Å². The second-order valence-electron chi connectivity index (χ2n) is 9.44. The van der Waals surface area contributed by atoms with Crippen LogP contribution >= 0.6 is 0 Å². The fraction of sp³-hybridized carbons (Fsp3) is 0.538. The van der Waals surface area contributed by atoms with Crippen molar-refractivity contribution in [2.75, 3.05) is 44.6 Å². The van der Waals surface area contributed by atoms with E-state index in [1.807, 2.05) is 0 Å². The number of carbonyl (C=O) groups is 1. The number of anilines is 1. The Morgan fingerprint density at radius 1 is 1.03 bits per heavy atom. The van der Waals surface area contributed by atoms with Gasteiger partial charge in [0.25, 0.3) is 6.47 Å². The fourth-order valence-electron chi connectivity index (χ4n) is 5.28. The van der Waals surface area contributed by atoms with Gasteiger partial charge in [-0.15, -0.1) is 0 Å². The minimum Gasteiger partial charge on any atom is -0.483 e. The molecule has 1 aromatic heterocycles. The van der Waals surface area contributed by atoms with Crippen LogP contribution in [0.25, 0.3) is 0 Å². The normalized spacial score (nSPS) is 19.8. The molecular formula is C26H36N4O2. The van der Waals surface area contributed by atoms with Gasteiger partial charge in [0.15, 0.2) is 0 Å². The first-order valence-corrected chi connectivity index (χ1v) is 12.0. The third-order valence-electron chi connectivity index (χ3n) is 6.95. The van der Waals surface area contributed by atoms with Crippen LogP contribution < -0.4 is 5.32 Å². The summed E-state index contributed by atoms with van der Waals surface area (Å²) in [5.74, 6) is 2.82. The van der Waals surface area contributed by atoms with Crippen LogP contribution in [0.1, 0.15) is 36.1 Å². The largest absolute Gasteiger partial charge is 0.483 e. The molecule has 0 aliphatic carbocycles. The van der Waals surface area contributed by atoms with E-state index in [1.54, 1.807) is 0 Å². The summed E-state index contributed by atoms with van der Waals surface area (Å²) in [6, 6.07) is 15.5. The Balaban J connectivity index is 0.000000775. The maximum Gasteiger partial charge on any atom is 0.290 e. The van der Waals surface area contributed by atoms with E-state index < -0.39 is 0 Å². The van der Waals surface area contributed by atoms with E-state index in [4.69, 9.17) is 14.9 Å². The Hall–Kier alpha value is -2.44. The van der Waals surface area contributed by atoms with Gasteiger partial charge < -0.3 is 15.3 Å². The molecule has 0 radical (unpaired) electrons. The molecule has 6 nitrogen and oxygen atoms in total. The van der Waals surface area contributed by atoms with E-state index in [2.05, 4.69) is 57.6 Å². The Bertz CT molecular complexity index is 846. The van der Waals surface area contributed by atoms with E-state index in [9.17, 15) is 0 Å². The zero-order chi connectivity index (χ0) is 22.2. The second kappa shape index (κ2) is 11.4. The molecule has 3 aliphatic heterocycles. The van der Waals surface area contributed by atoms with Gasteiger partial charge in [-0.1, -0.05) is 36.4 Å². The number of carboxylic acid groups (broad SMARTS) is 1. The molecule has 0 bridgehead atoms. The summed E-state index contributed by atoms with van der Waals surface area (Å²) in [7, 11) is 0. The van der Waals surface area contributed by atoms with Gasteiger partial charge in [0.2, 0.25) is 0 Å². The molecule has 0 atom stereocenters. The van der Waals surface area contributed by atoms with Crippen molar-refractivity contribution in [1.29, 1.82) is 0 Å². The quantitative estimate of drug-likeness (QED) is 0.676. The van der Waals surface area contributed by atoms with Crippen molar-refractivity contribution in [1.82, 2.24) is 14.8 Å². The number of likely N-dealkylation sites (tertiary alicyclic amines) is 2. The first-order valence-electron chi connectivity index (χ1n) is 12.0. The molecule has 0 amide bonds. The van der Waals surface area contributed by atoms with Crippen LogP contribution in [0.15, 0.2) is 42.5 Å².